The normalized spacial score (nSPS) is 13.8. The Labute approximate surface area is 212 Å². The van der Waals surface area contributed by atoms with Crippen molar-refractivity contribution in [3.05, 3.63) is 35.7 Å². The number of anilines is 2. The molecule has 0 atom stereocenters. The number of para-hydroxylation sites is 1. The highest BCUT2D eigenvalue weighted by molar-refractivity contribution is 5.87. The third-order valence-corrected chi connectivity index (χ3v) is 4.92. The highest BCUT2D eigenvalue weighted by Gasteiger charge is 2.38. The van der Waals surface area contributed by atoms with Crippen molar-refractivity contribution in [3.63, 3.8) is 0 Å². The molecule has 3 rings (SSSR count). The molecule has 3 N–H and O–H groups in total. The highest BCUT2D eigenvalue weighted by Crippen LogP contribution is 2.21. The van der Waals surface area contributed by atoms with Crippen molar-refractivity contribution in [2.75, 3.05) is 36.4 Å². The molecule has 1 fully saturated rings. The van der Waals surface area contributed by atoms with Crippen LogP contribution in [0.3, 0.4) is 0 Å². The summed E-state index contributed by atoms with van der Waals surface area (Å²) in [6.45, 7) is 7.18. The first-order valence-electron chi connectivity index (χ1n) is 10.8. The van der Waals surface area contributed by atoms with Crippen molar-refractivity contribution in [2.45, 2.75) is 32.6 Å². The van der Waals surface area contributed by atoms with Gasteiger partial charge in [0.1, 0.15) is 5.82 Å². The molecule has 0 aliphatic carbocycles. The number of benzene rings is 1. The standard InChI is InChI=1S/C17H24N6O.2C2HF3O2/c1-13-7-4-5-8-15(13)22-9-6-10-23(12-11-22)17(24)19-16-18-14(2)21(3)20-16;2*3-2(4,5)1(6)7/h4-5,7-8H,6,9-12H2,1-3H3,(H,19,20,24);2*(H,6,7). The molecule has 38 heavy (non-hydrogen) atoms. The topological polar surface area (TPSA) is 141 Å². The van der Waals surface area contributed by atoms with Crippen LogP contribution in [0.15, 0.2) is 24.3 Å². The molecule has 0 saturated carbocycles. The van der Waals surface area contributed by atoms with Gasteiger partial charge in [-0.05, 0) is 31.9 Å². The third-order valence-electron chi connectivity index (χ3n) is 4.92. The number of carboxylic acids is 2. The molecule has 1 aliphatic heterocycles. The lowest BCUT2D eigenvalue weighted by Crippen LogP contribution is -2.38. The van der Waals surface area contributed by atoms with E-state index < -0.39 is 24.3 Å². The quantitative estimate of drug-likeness (QED) is 0.478. The van der Waals surface area contributed by atoms with Gasteiger partial charge in [-0.3, -0.25) is 10.00 Å². The van der Waals surface area contributed by atoms with Crippen molar-refractivity contribution in [1.29, 1.82) is 0 Å². The zero-order valence-corrected chi connectivity index (χ0v) is 20.5. The van der Waals surface area contributed by atoms with Gasteiger partial charge in [-0.1, -0.05) is 18.2 Å². The van der Waals surface area contributed by atoms with E-state index in [4.69, 9.17) is 19.8 Å². The second-order valence-electron chi connectivity index (χ2n) is 7.76. The maximum absolute atomic E-state index is 12.5. The zero-order valence-electron chi connectivity index (χ0n) is 20.5. The number of aryl methyl sites for hydroxylation is 3. The Morgan fingerprint density at radius 2 is 1.42 bits per heavy atom. The van der Waals surface area contributed by atoms with Crippen LogP contribution in [0.25, 0.3) is 0 Å². The van der Waals surface area contributed by atoms with Crippen LogP contribution in [-0.4, -0.2) is 86.4 Å². The van der Waals surface area contributed by atoms with Crippen LogP contribution in [0, 0.1) is 13.8 Å². The number of aromatic nitrogens is 3. The molecule has 1 aromatic carbocycles. The lowest BCUT2D eigenvalue weighted by atomic mass is 10.2. The van der Waals surface area contributed by atoms with Crippen molar-refractivity contribution < 1.29 is 50.9 Å². The molecule has 2 amide bonds. The van der Waals surface area contributed by atoms with Gasteiger partial charge in [0.25, 0.3) is 0 Å². The number of hydrogen-bond acceptors (Lipinski definition) is 6. The maximum Gasteiger partial charge on any atom is 0.490 e. The first kappa shape index (κ1) is 32.0. The fourth-order valence-corrected chi connectivity index (χ4v) is 2.97. The van der Waals surface area contributed by atoms with E-state index in [1.165, 1.54) is 11.3 Å². The monoisotopic (exact) mass is 556 g/mol. The summed E-state index contributed by atoms with van der Waals surface area (Å²) in [7, 11) is 1.81. The fourth-order valence-electron chi connectivity index (χ4n) is 2.97. The van der Waals surface area contributed by atoms with Crippen molar-refractivity contribution in [3.8, 4) is 0 Å². The number of nitrogens with zero attached hydrogens (tertiary/aromatic N) is 5. The lowest BCUT2D eigenvalue weighted by molar-refractivity contribution is -0.193. The van der Waals surface area contributed by atoms with Gasteiger partial charge in [-0.15, -0.1) is 5.10 Å². The molecule has 1 aromatic heterocycles. The van der Waals surface area contributed by atoms with E-state index in [9.17, 15) is 31.1 Å². The number of carbonyl (C=O) groups is 3. The molecule has 11 nitrogen and oxygen atoms in total. The number of halogens is 6. The van der Waals surface area contributed by atoms with Crippen LogP contribution in [0.5, 0.6) is 0 Å². The Morgan fingerprint density at radius 1 is 0.895 bits per heavy atom. The second-order valence-corrected chi connectivity index (χ2v) is 7.76. The Hall–Kier alpha value is -4.05. The Kier molecular flexibility index (Phi) is 11.3. The molecule has 0 bridgehead atoms. The molecule has 212 valence electrons. The minimum atomic E-state index is -5.08. The Bertz CT molecular complexity index is 1060. The molecule has 2 heterocycles. The zero-order chi connectivity index (χ0) is 29.3. The van der Waals surface area contributed by atoms with E-state index in [0.717, 1.165) is 31.9 Å². The summed E-state index contributed by atoms with van der Waals surface area (Å²) in [5.74, 6) is -4.38. The molecular formula is C21H26F6N6O5. The molecule has 2 aromatic rings. The molecule has 0 spiro atoms. The van der Waals surface area contributed by atoms with Crippen LogP contribution >= 0.6 is 0 Å². The Morgan fingerprint density at radius 3 is 1.87 bits per heavy atom. The third kappa shape index (κ3) is 10.5. The predicted octanol–water partition coefficient (Wildman–Crippen LogP) is 3.44. The Balaban J connectivity index is 0.000000426. The number of urea groups is 1. The molecule has 1 saturated heterocycles. The van der Waals surface area contributed by atoms with Gasteiger partial charge in [0.05, 0.1) is 0 Å². The van der Waals surface area contributed by atoms with E-state index in [2.05, 4.69) is 51.5 Å². The van der Waals surface area contributed by atoms with Crippen LogP contribution in [-0.2, 0) is 16.6 Å². The number of amides is 2. The van der Waals surface area contributed by atoms with Crippen LogP contribution in [0.4, 0.5) is 42.8 Å². The first-order chi connectivity index (χ1) is 17.4. The van der Waals surface area contributed by atoms with Crippen molar-refractivity contribution >= 4 is 29.6 Å². The minimum Gasteiger partial charge on any atom is -0.475 e. The summed E-state index contributed by atoms with van der Waals surface area (Å²) < 4.78 is 65.1. The van der Waals surface area contributed by atoms with Gasteiger partial charge in [0.2, 0.25) is 5.95 Å². The summed E-state index contributed by atoms with van der Waals surface area (Å²) in [5.41, 5.74) is 2.52. The van der Waals surface area contributed by atoms with E-state index in [1.54, 1.807) is 4.68 Å². The summed E-state index contributed by atoms with van der Waals surface area (Å²) in [5, 5.41) is 21.2. The van der Waals surface area contributed by atoms with E-state index in [0.29, 0.717) is 12.5 Å². The number of nitrogens with one attached hydrogen (secondary N) is 1. The molecular weight excluding hydrogens is 530 g/mol. The van der Waals surface area contributed by atoms with Crippen LogP contribution < -0.4 is 10.2 Å². The van der Waals surface area contributed by atoms with Gasteiger partial charge in [-0.25, -0.2) is 14.4 Å². The molecule has 1 aliphatic rings. The number of carboxylic acid groups (broad SMARTS) is 2. The fraction of sp³-hybridized carbons (Fsp3) is 0.476. The molecule has 0 radical (unpaired) electrons. The van der Waals surface area contributed by atoms with Gasteiger partial charge in [0.15, 0.2) is 0 Å². The number of hydrogen-bond donors (Lipinski definition) is 3. The summed E-state index contributed by atoms with van der Waals surface area (Å²) in [6.07, 6.45) is -9.23. The smallest absolute Gasteiger partial charge is 0.475 e. The summed E-state index contributed by atoms with van der Waals surface area (Å²) in [4.78, 5) is 38.7. The van der Waals surface area contributed by atoms with E-state index in [-0.39, 0.29) is 6.03 Å². The van der Waals surface area contributed by atoms with Crippen molar-refractivity contribution in [1.82, 2.24) is 19.7 Å². The average molecular weight is 556 g/mol. The number of carbonyl (C=O) groups excluding carboxylic acids is 1. The van der Waals surface area contributed by atoms with E-state index >= 15 is 0 Å². The molecule has 0 unspecified atom stereocenters. The van der Waals surface area contributed by atoms with Gasteiger partial charge < -0.3 is 20.0 Å². The SMILES string of the molecule is Cc1ccccc1N1CCCN(C(=O)Nc2nc(C)n(C)n2)CC1.O=C(O)C(F)(F)F.O=C(O)C(F)(F)F. The first-order valence-corrected chi connectivity index (χ1v) is 10.8. The van der Waals surface area contributed by atoms with Crippen LogP contribution in [0.2, 0.25) is 0 Å². The summed E-state index contributed by atoms with van der Waals surface area (Å²) >= 11 is 0. The van der Waals surface area contributed by atoms with Crippen molar-refractivity contribution in [2.24, 2.45) is 7.05 Å². The highest BCUT2D eigenvalue weighted by atomic mass is 19.4. The predicted molar refractivity (Wildman–Crippen MR) is 122 cm³/mol. The van der Waals surface area contributed by atoms with Gasteiger partial charge >= 0.3 is 30.3 Å². The van der Waals surface area contributed by atoms with Gasteiger partial charge in [0, 0.05) is 38.9 Å². The average Bonchev–Trinajstić information content (AvgIpc) is 2.98. The summed E-state index contributed by atoms with van der Waals surface area (Å²) in [6, 6.07) is 8.25. The number of alkyl halides is 6. The number of rotatable bonds is 2. The molecule has 17 heteroatoms. The van der Waals surface area contributed by atoms with Crippen LogP contribution in [0.1, 0.15) is 17.8 Å². The maximum atomic E-state index is 12.5. The largest absolute Gasteiger partial charge is 0.490 e. The van der Waals surface area contributed by atoms with Gasteiger partial charge in [-0.2, -0.15) is 31.3 Å². The van der Waals surface area contributed by atoms with E-state index in [1.807, 2.05) is 18.9 Å². The number of aliphatic carboxylic acids is 2. The second kappa shape index (κ2) is 13.5. The minimum absolute atomic E-state index is 0.132. The lowest BCUT2D eigenvalue weighted by Gasteiger charge is -2.25.